The molecule has 1 amide bonds. The van der Waals surface area contributed by atoms with Crippen LogP contribution < -0.4 is 0 Å². The number of hydrogen-bond donors (Lipinski definition) is 1. The third kappa shape index (κ3) is 4.56. The van der Waals surface area contributed by atoms with E-state index in [-0.39, 0.29) is 11.9 Å². The summed E-state index contributed by atoms with van der Waals surface area (Å²) >= 11 is 0. The van der Waals surface area contributed by atoms with Crippen LogP contribution in [0.2, 0.25) is 0 Å². The van der Waals surface area contributed by atoms with Crippen LogP contribution >= 0.6 is 0 Å². The van der Waals surface area contributed by atoms with Crippen LogP contribution in [0, 0.1) is 5.92 Å². The van der Waals surface area contributed by atoms with Crippen molar-refractivity contribution >= 4 is 11.9 Å². The van der Waals surface area contributed by atoms with Crippen molar-refractivity contribution in [1.29, 1.82) is 0 Å². The molecule has 1 aliphatic rings. The lowest BCUT2D eigenvalue weighted by molar-refractivity contribution is -0.133. The zero-order valence-electron chi connectivity index (χ0n) is 10.3. The fourth-order valence-corrected chi connectivity index (χ4v) is 1.78. The molecule has 0 aromatic heterocycles. The van der Waals surface area contributed by atoms with E-state index in [1.807, 2.05) is 6.92 Å². The number of methoxy groups -OCH3 is 1. The zero-order chi connectivity index (χ0) is 12.8. The first kappa shape index (κ1) is 13.7. The van der Waals surface area contributed by atoms with E-state index in [9.17, 15) is 9.59 Å². The third-order valence-corrected chi connectivity index (χ3v) is 2.98. The minimum absolute atomic E-state index is 0.149. The predicted molar refractivity (Wildman–Crippen MR) is 62.6 cm³/mol. The molecule has 0 aliphatic heterocycles. The highest BCUT2D eigenvalue weighted by Crippen LogP contribution is 2.35. The van der Waals surface area contributed by atoms with Gasteiger partial charge in [0.15, 0.2) is 0 Å². The molecule has 5 heteroatoms. The number of carboxylic acids is 1. The number of nitrogens with zero attached hydrogens (tertiary/aromatic N) is 1. The maximum absolute atomic E-state index is 11.8. The number of aliphatic carboxylic acids is 1. The second-order valence-electron chi connectivity index (χ2n) is 4.27. The quantitative estimate of drug-likeness (QED) is 0.672. The van der Waals surface area contributed by atoms with Gasteiger partial charge in [0.25, 0.3) is 0 Å². The van der Waals surface area contributed by atoms with Gasteiger partial charge in [0.05, 0.1) is 6.61 Å². The number of ether oxygens (including phenoxy) is 1. The van der Waals surface area contributed by atoms with Crippen LogP contribution in [0.4, 0.5) is 0 Å². The van der Waals surface area contributed by atoms with Gasteiger partial charge in [-0.1, -0.05) is 0 Å². The Balaban J connectivity index is 2.60. The second kappa shape index (κ2) is 6.39. The van der Waals surface area contributed by atoms with Crippen LogP contribution in [0.15, 0.2) is 12.2 Å². The van der Waals surface area contributed by atoms with Crippen molar-refractivity contribution in [3.63, 3.8) is 0 Å². The van der Waals surface area contributed by atoms with Crippen molar-refractivity contribution in [3.05, 3.63) is 12.2 Å². The summed E-state index contributed by atoms with van der Waals surface area (Å²) in [6.07, 6.45) is 4.26. The lowest BCUT2D eigenvalue weighted by atomic mass is 10.2. The number of carbonyl (C=O) groups excluding carboxylic acids is 1. The maximum atomic E-state index is 11.8. The Labute approximate surface area is 101 Å². The number of carbonyl (C=O) groups is 2. The summed E-state index contributed by atoms with van der Waals surface area (Å²) in [6.45, 7) is 2.96. The SMILES string of the molecule is COCCN(C(=O)/C=C/C(=O)O)C(C)C1CC1. The van der Waals surface area contributed by atoms with Crippen molar-refractivity contribution in [3.8, 4) is 0 Å². The minimum atomic E-state index is -1.11. The predicted octanol–water partition coefficient (Wildman–Crippen LogP) is 0.901. The van der Waals surface area contributed by atoms with E-state index >= 15 is 0 Å². The monoisotopic (exact) mass is 241 g/mol. The van der Waals surface area contributed by atoms with Crippen LogP contribution in [-0.2, 0) is 14.3 Å². The van der Waals surface area contributed by atoms with E-state index in [0.29, 0.717) is 19.1 Å². The first-order valence-electron chi connectivity index (χ1n) is 5.76. The summed E-state index contributed by atoms with van der Waals surface area (Å²) in [5.74, 6) is -0.818. The Morgan fingerprint density at radius 2 is 2.12 bits per heavy atom. The fourth-order valence-electron chi connectivity index (χ4n) is 1.78. The lowest BCUT2D eigenvalue weighted by Gasteiger charge is -2.28. The Kier molecular flexibility index (Phi) is 5.15. The number of amides is 1. The fraction of sp³-hybridized carbons (Fsp3) is 0.667. The van der Waals surface area contributed by atoms with Gasteiger partial charge in [0.1, 0.15) is 0 Å². The van der Waals surface area contributed by atoms with E-state index in [1.54, 1.807) is 12.0 Å². The van der Waals surface area contributed by atoms with E-state index in [4.69, 9.17) is 9.84 Å². The van der Waals surface area contributed by atoms with Crippen LogP contribution in [0.5, 0.6) is 0 Å². The van der Waals surface area contributed by atoms with Gasteiger partial charge in [-0.2, -0.15) is 0 Å². The summed E-state index contributed by atoms with van der Waals surface area (Å²) in [5.41, 5.74) is 0. The van der Waals surface area contributed by atoms with Crippen molar-refractivity contribution in [2.45, 2.75) is 25.8 Å². The van der Waals surface area contributed by atoms with Gasteiger partial charge in [0.2, 0.25) is 5.91 Å². The summed E-state index contributed by atoms with van der Waals surface area (Å²) in [7, 11) is 1.58. The van der Waals surface area contributed by atoms with Gasteiger partial charge in [-0.15, -0.1) is 0 Å². The smallest absolute Gasteiger partial charge is 0.328 e. The number of carboxylic acid groups (broad SMARTS) is 1. The molecule has 0 spiro atoms. The highest BCUT2D eigenvalue weighted by molar-refractivity contribution is 5.94. The topological polar surface area (TPSA) is 66.8 Å². The van der Waals surface area contributed by atoms with Crippen molar-refractivity contribution in [2.24, 2.45) is 5.92 Å². The first-order chi connectivity index (χ1) is 8.06. The summed E-state index contributed by atoms with van der Waals surface area (Å²) in [4.78, 5) is 23.9. The van der Waals surface area contributed by atoms with Crippen molar-refractivity contribution in [1.82, 2.24) is 4.90 Å². The molecule has 0 saturated heterocycles. The first-order valence-corrected chi connectivity index (χ1v) is 5.76. The average Bonchev–Trinajstić information content (AvgIpc) is 3.10. The molecular formula is C12H19NO4. The van der Waals surface area contributed by atoms with Crippen LogP contribution in [-0.4, -0.2) is 48.2 Å². The molecule has 0 heterocycles. The maximum Gasteiger partial charge on any atom is 0.328 e. The lowest BCUT2D eigenvalue weighted by Crippen LogP contribution is -2.41. The summed E-state index contributed by atoms with van der Waals surface area (Å²) in [6, 6.07) is 0.149. The van der Waals surface area contributed by atoms with E-state index in [0.717, 1.165) is 25.0 Å². The molecule has 0 aromatic rings. The Hall–Kier alpha value is -1.36. The van der Waals surface area contributed by atoms with E-state index < -0.39 is 5.97 Å². The third-order valence-electron chi connectivity index (χ3n) is 2.98. The molecule has 0 aromatic carbocycles. The molecule has 1 fully saturated rings. The molecule has 1 N–H and O–H groups in total. The zero-order valence-corrected chi connectivity index (χ0v) is 10.3. The van der Waals surface area contributed by atoms with Crippen molar-refractivity contribution in [2.75, 3.05) is 20.3 Å². The van der Waals surface area contributed by atoms with Gasteiger partial charge >= 0.3 is 5.97 Å². The van der Waals surface area contributed by atoms with Crippen LogP contribution in [0.1, 0.15) is 19.8 Å². The highest BCUT2D eigenvalue weighted by Gasteiger charge is 2.33. The number of rotatable bonds is 7. The summed E-state index contributed by atoms with van der Waals surface area (Å²) in [5, 5.41) is 8.50. The molecule has 96 valence electrons. The Morgan fingerprint density at radius 3 is 2.59 bits per heavy atom. The van der Waals surface area contributed by atoms with Gasteiger partial charge < -0.3 is 14.7 Å². The number of hydrogen-bond acceptors (Lipinski definition) is 3. The average molecular weight is 241 g/mol. The van der Waals surface area contributed by atoms with Crippen LogP contribution in [0.3, 0.4) is 0 Å². The highest BCUT2D eigenvalue weighted by atomic mass is 16.5. The molecule has 0 radical (unpaired) electrons. The minimum Gasteiger partial charge on any atom is -0.478 e. The van der Waals surface area contributed by atoms with E-state index in [1.165, 1.54) is 0 Å². The summed E-state index contributed by atoms with van der Waals surface area (Å²) < 4.78 is 4.96. The molecule has 1 aliphatic carbocycles. The van der Waals surface area contributed by atoms with Gasteiger partial charge in [0, 0.05) is 31.8 Å². The molecular weight excluding hydrogens is 222 g/mol. The Morgan fingerprint density at radius 1 is 1.47 bits per heavy atom. The molecule has 17 heavy (non-hydrogen) atoms. The standard InChI is InChI=1S/C12H19NO4/c1-9(10-3-4-10)13(7-8-17-2)11(14)5-6-12(15)16/h5-6,9-10H,3-4,7-8H2,1-2H3,(H,15,16)/b6-5+. The molecule has 1 atom stereocenters. The van der Waals surface area contributed by atoms with Crippen molar-refractivity contribution < 1.29 is 19.4 Å². The molecule has 1 saturated carbocycles. The largest absolute Gasteiger partial charge is 0.478 e. The van der Waals surface area contributed by atoms with Gasteiger partial charge in [-0.3, -0.25) is 4.79 Å². The molecule has 5 nitrogen and oxygen atoms in total. The molecule has 1 unspecified atom stereocenters. The second-order valence-corrected chi connectivity index (χ2v) is 4.27. The molecule has 1 rings (SSSR count). The van der Waals surface area contributed by atoms with Gasteiger partial charge in [-0.25, -0.2) is 4.79 Å². The normalized spacial score (nSPS) is 17.1. The molecule has 0 bridgehead atoms. The van der Waals surface area contributed by atoms with Crippen LogP contribution in [0.25, 0.3) is 0 Å². The Bertz CT molecular complexity index is 310. The van der Waals surface area contributed by atoms with E-state index in [2.05, 4.69) is 0 Å². The van der Waals surface area contributed by atoms with Gasteiger partial charge in [-0.05, 0) is 25.7 Å².